The predicted octanol–water partition coefficient (Wildman–Crippen LogP) is 5.43. The molecule has 0 aliphatic heterocycles. The van der Waals surface area contributed by atoms with E-state index in [9.17, 15) is 14.7 Å². The van der Waals surface area contributed by atoms with Gasteiger partial charge in [-0.05, 0) is 24.3 Å². The molecular weight excluding hydrogens is 434 g/mol. The van der Waals surface area contributed by atoms with Crippen molar-refractivity contribution < 1.29 is 9.90 Å². The Morgan fingerprint density at radius 2 is 1.44 bits per heavy atom. The van der Waals surface area contributed by atoms with Crippen LogP contribution in [-0.2, 0) is 7.05 Å². The van der Waals surface area contributed by atoms with Crippen LogP contribution in [0.3, 0.4) is 0 Å². The Bertz CT molecular complexity index is 1140. The molecule has 5 nitrogen and oxygen atoms in total. The van der Waals surface area contributed by atoms with Crippen LogP contribution in [0, 0.1) is 0 Å². The van der Waals surface area contributed by atoms with Gasteiger partial charge in [-0.2, -0.15) is 5.10 Å². The lowest BCUT2D eigenvalue weighted by molar-refractivity contribution is 0.0695. The first-order valence-electron chi connectivity index (χ1n) is 7.46. The van der Waals surface area contributed by atoms with Crippen LogP contribution in [0.5, 0.6) is 0 Å². The van der Waals surface area contributed by atoms with Crippen molar-refractivity contribution in [1.82, 2.24) is 9.78 Å². The smallest absolute Gasteiger partial charge is 0.342 e. The van der Waals surface area contributed by atoms with Crippen LogP contribution >= 0.6 is 46.4 Å². The van der Waals surface area contributed by atoms with E-state index in [-0.39, 0.29) is 21.4 Å². The van der Waals surface area contributed by atoms with Gasteiger partial charge in [0.25, 0.3) is 0 Å². The Hall–Kier alpha value is -2.05. The van der Waals surface area contributed by atoms with E-state index in [1.54, 1.807) is 12.1 Å². The molecule has 0 unspecified atom stereocenters. The molecule has 138 valence electrons. The zero-order valence-corrected chi connectivity index (χ0v) is 16.7. The van der Waals surface area contributed by atoms with Crippen LogP contribution in [0.25, 0.3) is 22.5 Å². The minimum absolute atomic E-state index is 0.0581. The predicted molar refractivity (Wildman–Crippen MR) is 107 cm³/mol. The van der Waals surface area contributed by atoms with Gasteiger partial charge >= 0.3 is 5.97 Å². The lowest BCUT2D eigenvalue weighted by Crippen LogP contribution is -2.24. The van der Waals surface area contributed by atoms with Crippen LogP contribution in [0.1, 0.15) is 10.4 Å². The second-order valence-electron chi connectivity index (χ2n) is 5.59. The molecule has 1 aromatic heterocycles. The van der Waals surface area contributed by atoms with E-state index in [2.05, 4.69) is 5.10 Å². The number of rotatable bonds is 3. The van der Waals surface area contributed by atoms with Crippen molar-refractivity contribution in [1.29, 1.82) is 0 Å². The third-order valence-corrected chi connectivity index (χ3v) is 5.33. The number of aryl methyl sites for hydroxylation is 1. The van der Waals surface area contributed by atoms with E-state index >= 15 is 0 Å². The molecule has 0 aliphatic carbocycles. The summed E-state index contributed by atoms with van der Waals surface area (Å²) in [5.41, 5.74) is -0.387. The molecule has 3 rings (SSSR count). The fourth-order valence-electron chi connectivity index (χ4n) is 2.64. The number of nitrogens with zero attached hydrogens (tertiary/aromatic N) is 2. The number of carbonyl (C=O) groups is 1. The van der Waals surface area contributed by atoms with Gasteiger partial charge in [-0.1, -0.05) is 58.5 Å². The summed E-state index contributed by atoms with van der Waals surface area (Å²) in [7, 11) is 1.53. The highest BCUT2D eigenvalue weighted by molar-refractivity contribution is 6.42. The minimum Gasteiger partial charge on any atom is -0.477 e. The topological polar surface area (TPSA) is 72.2 Å². The van der Waals surface area contributed by atoms with Crippen molar-refractivity contribution in [3.63, 3.8) is 0 Å². The molecule has 0 saturated carbocycles. The van der Waals surface area contributed by atoms with Crippen molar-refractivity contribution in [2.45, 2.75) is 0 Å². The second-order valence-corrected chi connectivity index (χ2v) is 7.22. The molecule has 0 fully saturated rings. The third kappa shape index (κ3) is 3.69. The second kappa shape index (κ2) is 7.52. The van der Waals surface area contributed by atoms with Gasteiger partial charge in [0.15, 0.2) is 0 Å². The van der Waals surface area contributed by atoms with E-state index in [0.717, 1.165) is 0 Å². The molecule has 0 amide bonds. The summed E-state index contributed by atoms with van der Waals surface area (Å²) in [6.07, 6.45) is 0. The van der Waals surface area contributed by atoms with E-state index in [1.165, 1.54) is 36.0 Å². The maximum atomic E-state index is 12.9. The zero-order chi connectivity index (χ0) is 19.9. The Kier molecular flexibility index (Phi) is 5.49. The molecule has 27 heavy (non-hydrogen) atoms. The normalized spacial score (nSPS) is 10.9. The lowest BCUT2D eigenvalue weighted by Gasteiger charge is -2.14. The van der Waals surface area contributed by atoms with E-state index < -0.39 is 17.0 Å². The molecule has 0 spiro atoms. The maximum Gasteiger partial charge on any atom is 0.342 e. The van der Waals surface area contributed by atoms with E-state index in [4.69, 9.17) is 46.4 Å². The molecule has 0 atom stereocenters. The zero-order valence-electron chi connectivity index (χ0n) is 13.6. The van der Waals surface area contributed by atoms with E-state index in [0.29, 0.717) is 21.2 Å². The Labute approximate surface area is 173 Å². The van der Waals surface area contributed by atoms with Gasteiger partial charge in [0.1, 0.15) is 11.3 Å². The van der Waals surface area contributed by atoms with Crippen molar-refractivity contribution in [2.24, 2.45) is 7.05 Å². The number of carboxylic acid groups (broad SMARTS) is 1. The fourth-order valence-corrected chi connectivity index (χ4v) is 3.23. The largest absolute Gasteiger partial charge is 0.477 e. The highest BCUT2D eigenvalue weighted by Gasteiger charge is 2.24. The molecular formula is C18H10Cl4N2O3. The Balaban J connectivity index is 2.33. The summed E-state index contributed by atoms with van der Waals surface area (Å²) in [5.74, 6) is -1.39. The number of halogens is 4. The monoisotopic (exact) mass is 442 g/mol. The summed E-state index contributed by atoms with van der Waals surface area (Å²) >= 11 is 23.9. The van der Waals surface area contributed by atoms with Crippen LogP contribution in [-0.4, -0.2) is 20.9 Å². The van der Waals surface area contributed by atoms with Gasteiger partial charge in [-0.3, -0.25) is 9.48 Å². The summed E-state index contributed by atoms with van der Waals surface area (Å²) in [5, 5.41) is 15.0. The van der Waals surface area contributed by atoms with Crippen LogP contribution in [0.4, 0.5) is 0 Å². The number of aromatic carboxylic acids is 1. The summed E-state index contributed by atoms with van der Waals surface area (Å²) in [4.78, 5) is 24.8. The van der Waals surface area contributed by atoms with Crippen molar-refractivity contribution in [3.05, 3.63) is 72.3 Å². The molecule has 0 saturated heterocycles. The van der Waals surface area contributed by atoms with Gasteiger partial charge in [0.2, 0.25) is 5.43 Å². The van der Waals surface area contributed by atoms with Gasteiger partial charge in [0, 0.05) is 18.2 Å². The molecule has 1 heterocycles. The summed E-state index contributed by atoms with van der Waals surface area (Å²) in [6.45, 7) is 0. The average Bonchev–Trinajstić information content (AvgIpc) is 2.61. The number of carboxylic acids is 1. The number of benzene rings is 2. The molecule has 3 aromatic rings. The lowest BCUT2D eigenvalue weighted by atomic mass is 10.0. The highest BCUT2D eigenvalue weighted by Crippen LogP contribution is 2.31. The highest BCUT2D eigenvalue weighted by atomic mass is 35.5. The number of hydrogen-bond donors (Lipinski definition) is 1. The van der Waals surface area contributed by atoms with Crippen LogP contribution in [0.2, 0.25) is 20.1 Å². The third-order valence-electron chi connectivity index (χ3n) is 3.85. The maximum absolute atomic E-state index is 12.9. The number of hydrogen-bond acceptors (Lipinski definition) is 3. The molecule has 9 heteroatoms. The van der Waals surface area contributed by atoms with Gasteiger partial charge in [-0.25, -0.2) is 4.79 Å². The Morgan fingerprint density at radius 1 is 0.926 bits per heavy atom. The standard InChI is InChI=1S/C18H10Cl4N2O3/c1-24-16(9-3-5-11(20)13(22)7-9)14(18(26)27)17(25)15(23-24)8-2-4-10(19)12(21)6-8/h2-7H,1H3,(H,26,27). The van der Waals surface area contributed by atoms with Gasteiger partial charge in [-0.15, -0.1) is 0 Å². The first kappa shape index (κ1) is 19.7. The summed E-state index contributed by atoms with van der Waals surface area (Å²) < 4.78 is 1.31. The molecule has 0 radical (unpaired) electrons. The average molecular weight is 444 g/mol. The van der Waals surface area contributed by atoms with E-state index in [1.807, 2.05) is 0 Å². The quantitative estimate of drug-likeness (QED) is 0.586. The molecule has 1 N–H and O–H groups in total. The summed E-state index contributed by atoms with van der Waals surface area (Å²) in [6, 6.07) is 9.07. The van der Waals surface area contributed by atoms with Gasteiger partial charge in [0.05, 0.1) is 25.8 Å². The van der Waals surface area contributed by atoms with Crippen molar-refractivity contribution in [2.75, 3.05) is 0 Å². The van der Waals surface area contributed by atoms with Gasteiger partial charge < -0.3 is 5.11 Å². The van der Waals surface area contributed by atoms with Crippen molar-refractivity contribution >= 4 is 52.4 Å². The van der Waals surface area contributed by atoms with Crippen molar-refractivity contribution in [3.8, 4) is 22.5 Å². The molecule has 2 aromatic carbocycles. The van der Waals surface area contributed by atoms with Crippen LogP contribution < -0.4 is 5.43 Å². The SMILES string of the molecule is Cn1nc(-c2ccc(Cl)c(Cl)c2)c(=O)c(C(=O)O)c1-c1ccc(Cl)c(Cl)c1. The minimum atomic E-state index is -1.39. The fraction of sp³-hybridized carbons (Fsp3) is 0.0556. The van der Waals surface area contributed by atoms with Crippen LogP contribution in [0.15, 0.2) is 41.2 Å². The number of aromatic nitrogens is 2. The first-order chi connectivity index (χ1) is 12.7. The first-order valence-corrected chi connectivity index (χ1v) is 8.97. The molecule has 0 aliphatic rings. The molecule has 0 bridgehead atoms. The Morgan fingerprint density at radius 3 is 1.96 bits per heavy atom.